The van der Waals surface area contributed by atoms with Crippen molar-refractivity contribution in [2.24, 2.45) is 0 Å². The smallest absolute Gasteiger partial charge is 0.213 e. The maximum absolute atomic E-state index is 11.5. The normalized spacial score (nSPS) is 17.0. The summed E-state index contributed by atoms with van der Waals surface area (Å²) in [5.74, 6) is 0.177. The monoisotopic (exact) mass is 430 g/mol. The molecular formula is C13H16Cl6O3. The molecule has 1 rings (SSSR count). The molecule has 1 aliphatic rings. The topological polar surface area (TPSA) is 35.5 Å². The fourth-order valence-electron chi connectivity index (χ4n) is 2.03. The zero-order valence-electron chi connectivity index (χ0n) is 11.8. The molecule has 0 saturated heterocycles. The largest absolute Gasteiger partial charge is 0.348 e. The summed E-state index contributed by atoms with van der Waals surface area (Å²) in [5.41, 5.74) is 1.89. The molecule has 0 fully saturated rings. The van der Waals surface area contributed by atoms with Crippen LogP contribution >= 0.6 is 69.6 Å². The SMILES string of the molecule is CC1=C(CCC(OCC(Cl)(Cl)Cl)OCC(Cl)(Cl)Cl)CCC1=O. The van der Waals surface area contributed by atoms with Crippen LogP contribution in [0.1, 0.15) is 32.6 Å². The molecule has 0 aromatic heterocycles. The second-order valence-electron chi connectivity index (χ2n) is 4.97. The van der Waals surface area contributed by atoms with E-state index in [-0.39, 0.29) is 19.0 Å². The number of hydrogen-bond acceptors (Lipinski definition) is 3. The highest BCUT2D eigenvalue weighted by Gasteiger charge is 2.27. The lowest BCUT2D eigenvalue weighted by atomic mass is 10.1. The van der Waals surface area contributed by atoms with Gasteiger partial charge >= 0.3 is 0 Å². The molecule has 0 heterocycles. The van der Waals surface area contributed by atoms with Crippen molar-refractivity contribution in [3.8, 4) is 0 Å². The molecule has 0 radical (unpaired) electrons. The van der Waals surface area contributed by atoms with Crippen LogP contribution < -0.4 is 0 Å². The van der Waals surface area contributed by atoms with Gasteiger partial charge < -0.3 is 9.47 Å². The lowest BCUT2D eigenvalue weighted by Gasteiger charge is -2.23. The summed E-state index contributed by atoms with van der Waals surface area (Å²) in [6.45, 7) is 1.52. The number of Topliss-reactive ketones (excluding diaryl/α,β-unsaturated/α-hetero) is 1. The fourth-order valence-corrected chi connectivity index (χ4v) is 2.41. The van der Waals surface area contributed by atoms with Crippen molar-refractivity contribution in [3.63, 3.8) is 0 Å². The van der Waals surface area contributed by atoms with Crippen molar-refractivity contribution in [1.29, 1.82) is 0 Å². The van der Waals surface area contributed by atoms with E-state index in [0.29, 0.717) is 19.3 Å². The third-order valence-electron chi connectivity index (χ3n) is 3.15. The van der Waals surface area contributed by atoms with Gasteiger partial charge in [-0.3, -0.25) is 4.79 Å². The Bertz CT molecular complexity index is 406. The molecule has 0 aliphatic heterocycles. The first kappa shape index (κ1) is 21.1. The third kappa shape index (κ3) is 8.79. The number of allylic oxidation sites excluding steroid dienone is 2. The zero-order chi connectivity index (χ0) is 17.0. The molecule has 0 saturated carbocycles. The molecule has 22 heavy (non-hydrogen) atoms. The van der Waals surface area contributed by atoms with Crippen LogP contribution in [0.3, 0.4) is 0 Å². The zero-order valence-corrected chi connectivity index (χ0v) is 16.3. The highest BCUT2D eigenvalue weighted by Crippen LogP contribution is 2.31. The summed E-state index contributed by atoms with van der Waals surface area (Å²) in [5, 5.41) is 0. The minimum atomic E-state index is -1.56. The fraction of sp³-hybridized carbons (Fsp3) is 0.769. The molecule has 0 aromatic rings. The predicted octanol–water partition coefficient (Wildman–Crippen LogP) is 5.55. The summed E-state index contributed by atoms with van der Waals surface area (Å²) in [7, 11) is 0. The minimum Gasteiger partial charge on any atom is -0.348 e. The molecule has 0 bridgehead atoms. The third-order valence-corrected chi connectivity index (χ3v) is 3.80. The van der Waals surface area contributed by atoms with Gasteiger partial charge in [-0.05, 0) is 25.3 Å². The Morgan fingerprint density at radius 2 is 1.50 bits per heavy atom. The van der Waals surface area contributed by atoms with E-state index in [9.17, 15) is 4.79 Å². The maximum Gasteiger partial charge on any atom is 0.213 e. The summed E-state index contributed by atoms with van der Waals surface area (Å²) in [6, 6.07) is 0. The van der Waals surface area contributed by atoms with Crippen molar-refractivity contribution < 1.29 is 14.3 Å². The van der Waals surface area contributed by atoms with Gasteiger partial charge in [0.2, 0.25) is 7.59 Å². The first-order valence-electron chi connectivity index (χ1n) is 6.56. The van der Waals surface area contributed by atoms with E-state index in [1.165, 1.54) is 0 Å². The van der Waals surface area contributed by atoms with E-state index in [1.807, 2.05) is 6.92 Å². The summed E-state index contributed by atoms with van der Waals surface area (Å²) >= 11 is 33.9. The molecule has 9 heteroatoms. The van der Waals surface area contributed by atoms with E-state index in [2.05, 4.69) is 0 Å². The van der Waals surface area contributed by atoms with Crippen LogP contribution in [-0.4, -0.2) is 32.9 Å². The Morgan fingerprint density at radius 1 is 1.00 bits per heavy atom. The average Bonchev–Trinajstić information content (AvgIpc) is 2.67. The van der Waals surface area contributed by atoms with E-state index in [4.69, 9.17) is 79.1 Å². The summed E-state index contributed by atoms with van der Waals surface area (Å²) in [4.78, 5) is 11.5. The van der Waals surface area contributed by atoms with Gasteiger partial charge in [-0.25, -0.2) is 0 Å². The molecule has 0 atom stereocenters. The number of alkyl halides is 6. The van der Waals surface area contributed by atoms with E-state index < -0.39 is 13.9 Å². The van der Waals surface area contributed by atoms with Crippen LogP contribution in [0, 0.1) is 0 Å². The van der Waals surface area contributed by atoms with Crippen molar-refractivity contribution in [2.75, 3.05) is 13.2 Å². The molecule has 0 N–H and O–H groups in total. The lowest BCUT2D eigenvalue weighted by molar-refractivity contribution is -0.143. The van der Waals surface area contributed by atoms with Crippen LogP contribution in [-0.2, 0) is 14.3 Å². The van der Waals surface area contributed by atoms with Gasteiger partial charge in [-0.1, -0.05) is 75.2 Å². The lowest BCUT2D eigenvalue weighted by Crippen LogP contribution is -2.27. The molecule has 1 aliphatic carbocycles. The highest BCUT2D eigenvalue weighted by atomic mass is 35.6. The van der Waals surface area contributed by atoms with Crippen LogP contribution in [0.2, 0.25) is 0 Å². The number of hydrogen-bond donors (Lipinski definition) is 0. The van der Waals surface area contributed by atoms with Gasteiger partial charge in [0, 0.05) is 12.8 Å². The average molecular weight is 433 g/mol. The van der Waals surface area contributed by atoms with Crippen LogP contribution in [0.15, 0.2) is 11.1 Å². The van der Waals surface area contributed by atoms with Crippen molar-refractivity contribution in [3.05, 3.63) is 11.1 Å². The standard InChI is InChI=1S/C13H16Cl6O3/c1-8-9(2-4-10(8)20)3-5-11(21-6-12(14,15)16)22-7-13(17,18)19/h11H,2-7H2,1H3. The first-order chi connectivity index (χ1) is 9.98. The Kier molecular flexibility index (Phi) is 8.60. The number of ether oxygens (including phenoxy) is 2. The van der Waals surface area contributed by atoms with E-state index in [0.717, 1.165) is 17.6 Å². The Morgan fingerprint density at radius 3 is 1.86 bits per heavy atom. The van der Waals surface area contributed by atoms with Crippen LogP contribution in [0.25, 0.3) is 0 Å². The second-order valence-corrected chi connectivity index (χ2v) is 10.0. The van der Waals surface area contributed by atoms with Gasteiger partial charge in [0.05, 0.1) is 13.2 Å². The Balaban J connectivity index is 2.55. The van der Waals surface area contributed by atoms with Gasteiger partial charge in [-0.15, -0.1) is 0 Å². The van der Waals surface area contributed by atoms with Gasteiger partial charge in [0.15, 0.2) is 12.1 Å². The second kappa shape index (κ2) is 8.96. The number of ketones is 1. The van der Waals surface area contributed by atoms with Crippen LogP contribution in [0.4, 0.5) is 0 Å². The maximum atomic E-state index is 11.5. The predicted molar refractivity (Wildman–Crippen MR) is 92.4 cm³/mol. The molecule has 3 nitrogen and oxygen atoms in total. The summed E-state index contributed by atoms with van der Waals surface area (Å²) in [6.07, 6.45) is 1.73. The Hall–Kier alpha value is 1.07. The first-order valence-corrected chi connectivity index (χ1v) is 8.83. The molecule has 0 spiro atoms. The molecule has 0 unspecified atom stereocenters. The number of carbonyl (C=O) groups excluding carboxylic acids is 1. The number of halogens is 6. The quantitative estimate of drug-likeness (QED) is 0.391. The molecule has 0 aromatic carbocycles. The molecule has 128 valence electrons. The number of rotatable bonds is 7. The van der Waals surface area contributed by atoms with Crippen molar-refractivity contribution >= 4 is 75.4 Å². The molecule has 0 amide bonds. The van der Waals surface area contributed by atoms with E-state index in [1.54, 1.807) is 0 Å². The highest BCUT2D eigenvalue weighted by molar-refractivity contribution is 6.68. The van der Waals surface area contributed by atoms with Gasteiger partial charge in [0.25, 0.3) is 0 Å². The van der Waals surface area contributed by atoms with Crippen LogP contribution in [0.5, 0.6) is 0 Å². The Labute approximate surface area is 160 Å². The summed E-state index contributed by atoms with van der Waals surface area (Å²) < 4.78 is 7.73. The van der Waals surface area contributed by atoms with Crippen molar-refractivity contribution in [2.45, 2.75) is 46.5 Å². The van der Waals surface area contributed by atoms with E-state index >= 15 is 0 Å². The molecular weight excluding hydrogens is 417 g/mol. The number of carbonyl (C=O) groups is 1. The van der Waals surface area contributed by atoms with Gasteiger partial charge in [-0.2, -0.15) is 0 Å². The minimum absolute atomic E-state index is 0.154. The van der Waals surface area contributed by atoms with Crippen molar-refractivity contribution in [1.82, 2.24) is 0 Å². The van der Waals surface area contributed by atoms with Gasteiger partial charge in [0.1, 0.15) is 0 Å².